The van der Waals surface area contributed by atoms with E-state index in [1.165, 1.54) is 6.07 Å². The molecular formula is C12H15ClFN. The van der Waals surface area contributed by atoms with E-state index < -0.39 is 0 Å². The van der Waals surface area contributed by atoms with E-state index in [9.17, 15) is 4.39 Å². The van der Waals surface area contributed by atoms with Crippen LogP contribution < -0.4 is 5.73 Å². The van der Waals surface area contributed by atoms with Crippen molar-refractivity contribution in [1.29, 1.82) is 0 Å². The summed E-state index contributed by atoms with van der Waals surface area (Å²) in [7, 11) is 0. The van der Waals surface area contributed by atoms with Crippen LogP contribution in [0.1, 0.15) is 18.9 Å². The molecule has 0 aliphatic heterocycles. The number of halogens is 2. The topological polar surface area (TPSA) is 26.0 Å². The number of allylic oxidation sites excluding steroid dienone is 1. The summed E-state index contributed by atoms with van der Waals surface area (Å²) in [4.78, 5) is 0. The van der Waals surface area contributed by atoms with Gasteiger partial charge in [0.1, 0.15) is 5.82 Å². The van der Waals surface area contributed by atoms with Crippen molar-refractivity contribution >= 4 is 11.6 Å². The summed E-state index contributed by atoms with van der Waals surface area (Å²) in [6, 6.07) is 4.61. The lowest BCUT2D eigenvalue weighted by atomic mass is 10.1. The highest BCUT2D eigenvalue weighted by atomic mass is 35.5. The summed E-state index contributed by atoms with van der Waals surface area (Å²) in [6.07, 6.45) is 3.45. The van der Waals surface area contributed by atoms with Gasteiger partial charge in [-0.2, -0.15) is 0 Å². The lowest BCUT2D eigenvalue weighted by Gasteiger charge is -2.04. The van der Waals surface area contributed by atoms with Crippen LogP contribution in [0.5, 0.6) is 0 Å². The first kappa shape index (κ1) is 12.2. The lowest BCUT2D eigenvalue weighted by Crippen LogP contribution is -1.97. The average Bonchev–Trinajstić information content (AvgIpc) is 2.20. The molecule has 82 valence electrons. The second-order valence-electron chi connectivity index (χ2n) is 3.54. The molecule has 0 unspecified atom stereocenters. The van der Waals surface area contributed by atoms with Gasteiger partial charge in [0.25, 0.3) is 0 Å². The van der Waals surface area contributed by atoms with Crippen LogP contribution >= 0.6 is 11.6 Å². The molecule has 0 saturated carbocycles. The zero-order valence-corrected chi connectivity index (χ0v) is 9.52. The summed E-state index contributed by atoms with van der Waals surface area (Å²) < 4.78 is 13.3. The summed E-state index contributed by atoms with van der Waals surface area (Å²) in [6.45, 7) is 2.59. The molecule has 15 heavy (non-hydrogen) atoms. The summed E-state index contributed by atoms with van der Waals surface area (Å²) in [5, 5.41) is 0.568. The van der Waals surface area contributed by atoms with Crippen molar-refractivity contribution in [3.8, 4) is 0 Å². The van der Waals surface area contributed by atoms with Crippen LogP contribution in [0.15, 0.2) is 29.8 Å². The van der Waals surface area contributed by atoms with Crippen LogP contribution in [0, 0.1) is 5.82 Å². The molecule has 1 nitrogen and oxygen atoms in total. The molecule has 0 aromatic heterocycles. The van der Waals surface area contributed by atoms with Crippen LogP contribution in [0.4, 0.5) is 4.39 Å². The van der Waals surface area contributed by atoms with Gasteiger partial charge in [-0.1, -0.05) is 23.3 Å². The van der Waals surface area contributed by atoms with E-state index in [4.69, 9.17) is 17.3 Å². The smallest absolute Gasteiger partial charge is 0.126 e. The van der Waals surface area contributed by atoms with E-state index in [1.807, 2.05) is 13.0 Å². The third-order valence-electron chi connectivity index (χ3n) is 2.14. The standard InChI is InChI=1S/C12H15ClFN/c1-9(3-2-6-15)7-10-8-11(13)4-5-12(10)14/h3-5,8H,2,6-7,15H2,1H3/b9-3-. The third kappa shape index (κ3) is 4.02. The molecule has 0 amide bonds. The molecule has 0 aliphatic rings. The van der Waals surface area contributed by atoms with Gasteiger partial charge in [-0.3, -0.25) is 0 Å². The number of benzene rings is 1. The first-order valence-electron chi connectivity index (χ1n) is 4.93. The average molecular weight is 228 g/mol. The fourth-order valence-corrected chi connectivity index (χ4v) is 1.58. The SMILES string of the molecule is C/C(=C/CCN)Cc1cc(Cl)ccc1F. The Morgan fingerprint density at radius 1 is 1.53 bits per heavy atom. The molecule has 0 radical (unpaired) electrons. The van der Waals surface area contributed by atoms with E-state index in [1.54, 1.807) is 12.1 Å². The summed E-state index contributed by atoms with van der Waals surface area (Å²) >= 11 is 5.80. The Labute approximate surface area is 94.7 Å². The number of hydrogen-bond donors (Lipinski definition) is 1. The zero-order valence-electron chi connectivity index (χ0n) is 8.76. The first-order chi connectivity index (χ1) is 7.13. The van der Waals surface area contributed by atoms with Crippen molar-refractivity contribution in [2.75, 3.05) is 6.54 Å². The van der Waals surface area contributed by atoms with E-state index in [0.717, 1.165) is 12.0 Å². The second kappa shape index (κ2) is 5.89. The van der Waals surface area contributed by atoms with Gasteiger partial charge in [-0.25, -0.2) is 4.39 Å². The molecule has 0 bridgehead atoms. The summed E-state index contributed by atoms with van der Waals surface area (Å²) in [5.41, 5.74) is 7.13. The minimum absolute atomic E-state index is 0.208. The third-order valence-corrected chi connectivity index (χ3v) is 2.37. The summed E-state index contributed by atoms with van der Waals surface area (Å²) in [5.74, 6) is -0.208. The van der Waals surface area contributed by atoms with Crippen molar-refractivity contribution in [3.05, 3.63) is 46.3 Å². The van der Waals surface area contributed by atoms with Crippen molar-refractivity contribution in [1.82, 2.24) is 0 Å². The van der Waals surface area contributed by atoms with Crippen LogP contribution in [0.25, 0.3) is 0 Å². The Morgan fingerprint density at radius 2 is 2.27 bits per heavy atom. The normalized spacial score (nSPS) is 11.9. The number of nitrogens with two attached hydrogens (primary N) is 1. The van der Waals surface area contributed by atoms with E-state index in [-0.39, 0.29) is 5.82 Å². The second-order valence-corrected chi connectivity index (χ2v) is 3.98. The highest BCUT2D eigenvalue weighted by Gasteiger charge is 2.03. The monoisotopic (exact) mass is 227 g/mol. The Hall–Kier alpha value is -0.860. The minimum Gasteiger partial charge on any atom is -0.330 e. The van der Waals surface area contributed by atoms with E-state index in [0.29, 0.717) is 23.6 Å². The molecule has 0 spiro atoms. The van der Waals surface area contributed by atoms with E-state index >= 15 is 0 Å². The quantitative estimate of drug-likeness (QED) is 0.785. The molecule has 1 aromatic rings. The molecule has 2 N–H and O–H groups in total. The van der Waals surface area contributed by atoms with E-state index in [2.05, 4.69) is 0 Å². The van der Waals surface area contributed by atoms with Gasteiger partial charge >= 0.3 is 0 Å². The van der Waals surface area contributed by atoms with Crippen molar-refractivity contribution in [3.63, 3.8) is 0 Å². The lowest BCUT2D eigenvalue weighted by molar-refractivity contribution is 0.613. The Bertz CT molecular complexity index is 361. The van der Waals surface area contributed by atoms with Crippen LogP contribution in [0.2, 0.25) is 5.02 Å². The molecule has 0 atom stereocenters. The minimum atomic E-state index is -0.208. The maximum Gasteiger partial charge on any atom is 0.126 e. The molecule has 1 aromatic carbocycles. The molecule has 0 heterocycles. The Balaban J connectivity index is 2.75. The van der Waals surface area contributed by atoms with Gasteiger partial charge in [0.05, 0.1) is 0 Å². The number of rotatable bonds is 4. The maximum atomic E-state index is 13.3. The molecular weight excluding hydrogens is 213 g/mol. The number of hydrogen-bond acceptors (Lipinski definition) is 1. The highest BCUT2D eigenvalue weighted by Crippen LogP contribution is 2.17. The van der Waals surface area contributed by atoms with Crippen molar-refractivity contribution in [2.24, 2.45) is 5.73 Å². The fraction of sp³-hybridized carbons (Fsp3) is 0.333. The molecule has 0 fully saturated rings. The van der Waals surface area contributed by atoms with Crippen LogP contribution in [0.3, 0.4) is 0 Å². The highest BCUT2D eigenvalue weighted by molar-refractivity contribution is 6.30. The fourth-order valence-electron chi connectivity index (χ4n) is 1.38. The van der Waals surface area contributed by atoms with Gasteiger partial charge in [-0.15, -0.1) is 0 Å². The van der Waals surface area contributed by atoms with Crippen molar-refractivity contribution in [2.45, 2.75) is 19.8 Å². The Morgan fingerprint density at radius 3 is 2.93 bits per heavy atom. The first-order valence-corrected chi connectivity index (χ1v) is 5.31. The predicted molar refractivity (Wildman–Crippen MR) is 62.5 cm³/mol. The van der Waals surface area contributed by atoms with Crippen LogP contribution in [-0.4, -0.2) is 6.54 Å². The van der Waals surface area contributed by atoms with Crippen molar-refractivity contribution < 1.29 is 4.39 Å². The molecule has 0 saturated heterocycles. The molecule has 0 aliphatic carbocycles. The molecule has 1 rings (SSSR count). The van der Waals surface area contributed by atoms with Gasteiger partial charge < -0.3 is 5.73 Å². The predicted octanol–water partition coefficient (Wildman–Crippen LogP) is 3.32. The van der Waals surface area contributed by atoms with Gasteiger partial charge in [0.2, 0.25) is 0 Å². The zero-order chi connectivity index (χ0) is 11.3. The van der Waals surface area contributed by atoms with Gasteiger partial charge in [-0.05, 0) is 50.1 Å². The van der Waals surface area contributed by atoms with Crippen LogP contribution in [-0.2, 0) is 6.42 Å². The van der Waals surface area contributed by atoms with Gasteiger partial charge in [0, 0.05) is 5.02 Å². The largest absolute Gasteiger partial charge is 0.330 e. The van der Waals surface area contributed by atoms with Gasteiger partial charge in [0.15, 0.2) is 0 Å². The maximum absolute atomic E-state index is 13.3. The molecule has 3 heteroatoms. The Kier molecular flexibility index (Phi) is 4.79.